The smallest absolute Gasteiger partial charge is 0.131 e. The maximum Gasteiger partial charge on any atom is 0.131 e. The molecule has 0 saturated heterocycles. The Morgan fingerprint density at radius 2 is 1.90 bits per heavy atom. The molecule has 4 heteroatoms. The second kappa shape index (κ2) is 5.60. The minimum absolute atomic E-state index is 0.0250. The predicted molar refractivity (Wildman–Crippen MR) is 88.8 cm³/mol. The number of anilines is 1. The lowest BCUT2D eigenvalue weighted by atomic mass is 9.95. The number of hydrogen-bond donors (Lipinski definition) is 1. The van der Waals surface area contributed by atoms with E-state index < -0.39 is 0 Å². The van der Waals surface area contributed by atoms with Crippen molar-refractivity contribution >= 4 is 21.7 Å². The molecule has 0 radical (unpaired) electrons. The van der Waals surface area contributed by atoms with Crippen LogP contribution in [0.3, 0.4) is 0 Å². The van der Waals surface area contributed by atoms with Crippen LogP contribution >= 0.6 is 15.9 Å². The first-order valence-corrected chi connectivity index (χ1v) is 7.77. The van der Waals surface area contributed by atoms with E-state index in [-0.39, 0.29) is 5.41 Å². The van der Waals surface area contributed by atoms with E-state index in [1.54, 1.807) is 0 Å². The van der Waals surface area contributed by atoms with Crippen LogP contribution in [-0.2, 0) is 12.0 Å². The fraction of sp³-hybridized carbons (Fsp3) is 0.438. The zero-order valence-corrected chi connectivity index (χ0v) is 14.2. The number of nitrogen functional groups attached to an aromatic ring is 1. The largest absolute Gasteiger partial charge is 0.383 e. The fourth-order valence-electron chi connectivity index (χ4n) is 2.34. The minimum Gasteiger partial charge on any atom is -0.383 e. The van der Waals surface area contributed by atoms with Gasteiger partial charge in [0.1, 0.15) is 17.3 Å². The SMILES string of the molecule is CCCn1c(C(C)(C)C)nc(-c2ccccc2Br)c1N. The highest BCUT2D eigenvalue weighted by Gasteiger charge is 2.25. The molecule has 0 aliphatic rings. The van der Waals surface area contributed by atoms with Crippen LogP contribution in [0, 0.1) is 0 Å². The van der Waals surface area contributed by atoms with Gasteiger partial charge in [-0.25, -0.2) is 4.98 Å². The number of halogens is 1. The molecule has 2 aromatic rings. The van der Waals surface area contributed by atoms with E-state index >= 15 is 0 Å². The average Bonchev–Trinajstić information content (AvgIpc) is 2.68. The molecule has 0 saturated carbocycles. The standard InChI is InChI=1S/C16H22BrN3/c1-5-10-20-14(18)13(19-15(20)16(2,3)4)11-8-6-7-9-12(11)17/h6-9H,5,10,18H2,1-4H3. The van der Waals surface area contributed by atoms with Gasteiger partial charge in [-0.2, -0.15) is 0 Å². The fourth-order valence-corrected chi connectivity index (χ4v) is 2.81. The molecule has 2 rings (SSSR count). The van der Waals surface area contributed by atoms with Crippen molar-refractivity contribution in [3.63, 3.8) is 0 Å². The van der Waals surface area contributed by atoms with Gasteiger partial charge in [-0.3, -0.25) is 0 Å². The molecule has 0 spiro atoms. The van der Waals surface area contributed by atoms with Gasteiger partial charge in [0.2, 0.25) is 0 Å². The minimum atomic E-state index is -0.0250. The van der Waals surface area contributed by atoms with Crippen LogP contribution in [0.1, 0.15) is 39.9 Å². The summed E-state index contributed by atoms with van der Waals surface area (Å²) in [5, 5.41) is 0. The van der Waals surface area contributed by atoms with E-state index in [1.807, 2.05) is 24.3 Å². The lowest BCUT2D eigenvalue weighted by Crippen LogP contribution is -2.19. The highest BCUT2D eigenvalue weighted by Crippen LogP contribution is 2.35. The van der Waals surface area contributed by atoms with E-state index in [0.29, 0.717) is 0 Å². The quantitative estimate of drug-likeness (QED) is 0.890. The molecule has 0 bridgehead atoms. The van der Waals surface area contributed by atoms with Crippen molar-refractivity contribution in [2.75, 3.05) is 5.73 Å². The zero-order chi connectivity index (χ0) is 14.9. The van der Waals surface area contributed by atoms with Gasteiger partial charge >= 0.3 is 0 Å². The molecule has 0 unspecified atom stereocenters. The van der Waals surface area contributed by atoms with Gasteiger partial charge in [0, 0.05) is 22.0 Å². The summed E-state index contributed by atoms with van der Waals surface area (Å²) >= 11 is 3.59. The summed E-state index contributed by atoms with van der Waals surface area (Å²) in [5.41, 5.74) is 8.26. The third-order valence-corrected chi connectivity index (χ3v) is 3.95. The maximum absolute atomic E-state index is 6.37. The lowest BCUT2D eigenvalue weighted by Gasteiger charge is -2.19. The number of nitrogens with two attached hydrogens (primary N) is 1. The predicted octanol–water partition coefficient (Wildman–Crippen LogP) is 4.60. The molecule has 0 atom stereocenters. The molecule has 0 aliphatic heterocycles. The van der Waals surface area contributed by atoms with Gasteiger partial charge < -0.3 is 10.3 Å². The van der Waals surface area contributed by atoms with Crippen molar-refractivity contribution < 1.29 is 0 Å². The Kier molecular flexibility index (Phi) is 4.23. The van der Waals surface area contributed by atoms with Crippen molar-refractivity contribution in [2.24, 2.45) is 0 Å². The Labute approximate surface area is 129 Å². The van der Waals surface area contributed by atoms with Gasteiger partial charge in [-0.05, 0) is 12.5 Å². The second-order valence-corrected chi connectivity index (χ2v) is 6.91. The van der Waals surface area contributed by atoms with Gasteiger partial charge in [0.25, 0.3) is 0 Å². The van der Waals surface area contributed by atoms with Crippen LogP contribution in [0.2, 0.25) is 0 Å². The summed E-state index contributed by atoms with van der Waals surface area (Å²) in [6.07, 6.45) is 1.04. The summed E-state index contributed by atoms with van der Waals surface area (Å²) in [6.45, 7) is 9.57. The topological polar surface area (TPSA) is 43.8 Å². The Bertz CT molecular complexity index is 609. The van der Waals surface area contributed by atoms with Gasteiger partial charge in [-0.15, -0.1) is 0 Å². The van der Waals surface area contributed by atoms with E-state index in [0.717, 1.165) is 40.3 Å². The number of rotatable bonds is 3. The molecule has 0 fully saturated rings. The monoisotopic (exact) mass is 335 g/mol. The first-order valence-electron chi connectivity index (χ1n) is 6.97. The molecule has 0 amide bonds. The second-order valence-electron chi connectivity index (χ2n) is 6.05. The van der Waals surface area contributed by atoms with Gasteiger partial charge in [0.05, 0.1) is 0 Å². The summed E-state index contributed by atoms with van der Waals surface area (Å²) in [4.78, 5) is 4.84. The van der Waals surface area contributed by atoms with Gasteiger partial charge in [-0.1, -0.05) is 61.8 Å². The summed E-state index contributed by atoms with van der Waals surface area (Å²) < 4.78 is 3.17. The molecule has 108 valence electrons. The maximum atomic E-state index is 6.37. The molecule has 2 N–H and O–H groups in total. The zero-order valence-electron chi connectivity index (χ0n) is 12.6. The molecule has 1 aromatic carbocycles. The van der Waals surface area contributed by atoms with Crippen LogP contribution in [0.15, 0.2) is 28.7 Å². The van der Waals surface area contributed by atoms with Crippen LogP contribution < -0.4 is 5.73 Å². The Morgan fingerprint density at radius 3 is 2.45 bits per heavy atom. The van der Waals surface area contributed by atoms with Crippen molar-refractivity contribution in [1.29, 1.82) is 0 Å². The Morgan fingerprint density at radius 1 is 1.25 bits per heavy atom. The van der Waals surface area contributed by atoms with Crippen molar-refractivity contribution in [3.05, 3.63) is 34.6 Å². The Balaban J connectivity index is 2.65. The van der Waals surface area contributed by atoms with Gasteiger partial charge in [0.15, 0.2) is 0 Å². The number of aromatic nitrogens is 2. The summed E-state index contributed by atoms with van der Waals surface area (Å²) in [6, 6.07) is 8.07. The molecular weight excluding hydrogens is 314 g/mol. The average molecular weight is 336 g/mol. The van der Waals surface area contributed by atoms with E-state index in [4.69, 9.17) is 10.7 Å². The van der Waals surface area contributed by atoms with Crippen LogP contribution in [0.5, 0.6) is 0 Å². The first kappa shape index (κ1) is 15.1. The highest BCUT2D eigenvalue weighted by atomic mass is 79.9. The van der Waals surface area contributed by atoms with E-state index in [2.05, 4.69) is 48.2 Å². The van der Waals surface area contributed by atoms with Crippen LogP contribution in [-0.4, -0.2) is 9.55 Å². The molecule has 20 heavy (non-hydrogen) atoms. The summed E-state index contributed by atoms with van der Waals surface area (Å²) in [5.74, 6) is 1.80. The third-order valence-electron chi connectivity index (χ3n) is 3.25. The highest BCUT2D eigenvalue weighted by molar-refractivity contribution is 9.10. The van der Waals surface area contributed by atoms with Crippen molar-refractivity contribution in [3.8, 4) is 11.3 Å². The first-order chi connectivity index (χ1) is 9.36. The Hall–Kier alpha value is -1.29. The molecule has 1 heterocycles. The molecule has 1 aromatic heterocycles. The number of imidazole rings is 1. The normalized spacial score (nSPS) is 11.8. The van der Waals surface area contributed by atoms with E-state index in [9.17, 15) is 0 Å². The summed E-state index contributed by atoms with van der Waals surface area (Å²) in [7, 11) is 0. The molecule has 0 aliphatic carbocycles. The molecule has 3 nitrogen and oxygen atoms in total. The number of hydrogen-bond acceptors (Lipinski definition) is 2. The lowest BCUT2D eigenvalue weighted by molar-refractivity contribution is 0.498. The van der Waals surface area contributed by atoms with E-state index in [1.165, 1.54) is 0 Å². The third kappa shape index (κ3) is 2.75. The van der Waals surface area contributed by atoms with Crippen LogP contribution in [0.25, 0.3) is 11.3 Å². The van der Waals surface area contributed by atoms with Crippen LogP contribution in [0.4, 0.5) is 5.82 Å². The number of benzene rings is 1. The number of nitrogens with zero attached hydrogens (tertiary/aromatic N) is 2. The molecular formula is C16H22BrN3. The van der Waals surface area contributed by atoms with Crippen molar-refractivity contribution in [1.82, 2.24) is 9.55 Å². The van der Waals surface area contributed by atoms with Crippen molar-refractivity contribution in [2.45, 2.75) is 46.1 Å².